The highest BCUT2D eigenvalue weighted by Crippen LogP contribution is 2.38. The van der Waals surface area contributed by atoms with Gasteiger partial charge in [0.2, 0.25) is 0 Å². The van der Waals surface area contributed by atoms with Gasteiger partial charge in [-0.05, 0) is 74.0 Å². The van der Waals surface area contributed by atoms with E-state index in [2.05, 4.69) is 153 Å². The summed E-state index contributed by atoms with van der Waals surface area (Å²) in [5.74, 6) is 1.88. The molecule has 9 rings (SSSR count). The summed E-state index contributed by atoms with van der Waals surface area (Å²) in [5.41, 5.74) is 7.11. The molecule has 0 unspecified atom stereocenters. The SMILES string of the molecule is C=C/C=C\c1c(C)cc(-c2nc(-c3ccc(-c4nccc5ccccc45)cc3)nc(-c3cc4ccccc4c4ccccc34)n2)c2ccccc12. The smallest absolute Gasteiger partial charge is 0.164 e. The second kappa shape index (κ2) is 12.6. The zero-order valence-corrected chi connectivity index (χ0v) is 28.1. The fourth-order valence-corrected chi connectivity index (χ4v) is 7.22. The number of benzene rings is 7. The Morgan fingerprint density at radius 3 is 1.76 bits per heavy atom. The van der Waals surface area contributed by atoms with Gasteiger partial charge < -0.3 is 0 Å². The predicted molar refractivity (Wildman–Crippen MR) is 213 cm³/mol. The van der Waals surface area contributed by atoms with Gasteiger partial charge in [-0.1, -0.05) is 146 Å². The number of allylic oxidation sites excluding steroid dienone is 2. The zero-order chi connectivity index (χ0) is 34.3. The quantitative estimate of drug-likeness (QED) is 0.132. The normalized spacial score (nSPS) is 11.6. The van der Waals surface area contributed by atoms with E-state index in [4.69, 9.17) is 19.9 Å². The van der Waals surface area contributed by atoms with Gasteiger partial charge in [-0.15, -0.1) is 0 Å². The molecule has 240 valence electrons. The lowest BCUT2D eigenvalue weighted by molar-refractivity contribution is 1.08. The zero-order valence-electron chi connectivity index (χ0n) is 28.1. The van der Waals surface area contributed by atoms with E-state index in [1.54, 1.807) is 0 Å². The van der Waals surface area contributed by atoms with Gasteiger partial charge in [0, 0.05) is 33.8 Å². The molecule has 0 amide bonds. The molecule has 0 saturated carbocycles. The Balaban J connectivity index is 1.28. The van der Waals surface area contributed by atoms with Gasteiger partial charge >= 0.3 is 0 Å². The van der Waals surface area contributed by atoms with E-state index in [9.17, 15) is 0 Å². The van der Waals surface area contributed by atoms with Crippen LogP contribution in [0, 0.1) is 6.92 Å². The van der Waals surface area contributed by atoms with E-state index in [0.717, 1.165) is 71.4 Å². The second-order valence-electron chi connectivity index (χ2n) is 12.8. The van der Waals surface area contributed by atoms with Crippen LogP contribution in [0.1, 0.15) is 11.1 Å². The molecule has 4 nitrogen and oxygen atoms in total. The summed E-state index contributed by atoms with van der Waals surface area (Å²) < 4.78 is 0. The Kier molecular flexibility index (Phi) is 7.48. The first kappa shape index (κ1) is 30.3. The molecule has 9 aromatic rings. The maximum Gasteiger partial charge on any atom is 0.164 e. The van der Waals surface area contributed by atoms with Gasteiger partial charge in [-0.25, -0.2) is 15.0 Å². The third-order valence-corrected chi connectivity index (χ3v) is 9.67. The molecule has 7 aromatic carbocycles. The molecule has 51 heavy (non-hydrogen) atoms. The molecule has 4 heteroatoms. The number of pyridine rings is 1. The number of fused-ring (bicyclic) bond motifs is 5. The topological polar surface area (TPSA) is 51.6 Å². The number of rotatable bonds is 6. The summed E-state index contributed by atoms with van der Waals surface area (Å²) >= 11 is 0. The van der Waals surface area contributed by atoms with Crippen LogP contribution < -0.4 is 0 Å². The first-order valence-electron chi connectivity index (χ1n) is 17.1. The highest BCUT2D eigenvalue weighted by atomic mass is 15.0. The van der Waals surface area contributed by atoms with Crippen molar-refractivity contribution < 1.29 is 0 Å². The van der Waals surface area contributed by atoms with Crippen LogP contribution in [0.25, 0.3) is 94.6 Å². The Morgan fingerprint density at radius 1 is 0.490 bits per heavy atom. The number of nitrogens with zero attached hydrogens (tertiary/aromatic N) is 4. The van der Waals surface area contributed by atoms with Gasteiger partial charge in [-0.3, -0.25) is 4.98 Å². The van der Waals surface area contributed by atoms with Crippen molar-refractivity contribution in [1.29, 1.82) is 0 Å². The maximum atomic E-state index is 5.27. The average molecular weight is 653 g/mol. The minimum atomic E-state index is 0.613. The first-order chi connectivity index (χ1) is 25.2. The van der Waals surface area contributed by atoms with Gasteiger partial charge in [0.1, 0.15) is 0 Å². The standard InChI is InChI=1S/C47H32N4/c1-3-4-15-35-30(2)28-42(40-20-11-9-18-38(35)40)46-49-45(33-24-22-32(23-25-33)44-37-17-8-5-13-31(37)26-27-48-44)50-47(51-46)43-29-34-14-6-7-16-36(34)39-19-10-12-21-41(39)43/h3-29H,1H2,2H3/b15-4-. The van der Waals surface area contributed by atoms with Crippen LogP contribution in [-0.4, -0.2) is 19.9 Å². The van der Waals surface area contributed by atoms with E-state index >= 15 is 0 Å². The van der Waals surface area contributed by atoms with Crippen LogP contribution in [0.4, 0.5) is 0 Å². The molecule has 0 saturated heterocycles. The molecule has 0 atom stereocenters. The van der Waals surface area contributed by atoms with Crippen LogP contribution in [0.2, 0.25) is 0 Å². The van der Waals surface area contributed by atoms with Crippen molar-refractivity contribution >= 4 is 49.2 Å². The van der Waals surface area contributed by atoms with Crippen LogP contribution in [0.3, 0.4) is 0 Å². The fourth-order valence-electron chi connectivity index (χ4n) is 7.22. The summed E-state index contributed by atoms with van der Waals surface area (Å²) in [7, 11) is 0. The third kappa shape index (κ3) is 5.34. The molecule has 0 N–H and O–H groups in total. The Labute approximate surface area is 296 Å². The van der Waals surface area contributed by atoms with Crippen molar-refractivity contribution in [2.24, 2.45) is 0 Å². The van der Waals surface area contributed by atoms with Crippen molar-refractivity contribution in [1.82, 2.24) is 19.9 Å². The van der Waals surface area contributed by atoms with Crippen molar-refractivity contribution in [2.45, 2.75) is 6.92 Å². The van der Waals surface area contributed by atoms with Gasteiger partial charge in [0.15, 0.2) is 17.5 Å². The minimum Gasteiger partial charge on any atom is -0.256 e. The largest absolute Gasteiger partial charge is 0.256 e. The summed E-state index contributed by atoms with van der Waals surface area (Å²) in [6, 6.07) is 48.7. The molecule has 2 heterocycles. The van der Waals surface area contributed by atoms with E-state index in [1.807, 2.05) is 24.4 Å². The van der Waals surface area contributed by atoms with Gasteiger partial charge in [-0.2, -0.15) is 0 Å². The van der Waals surface area contributed by atoms with E-state index < -0.39 is 0 Å². The van der Waals surface area contributed by atoms with E-state index in [-0.39, 0.29) is 0 Å². The number of aromatic nitrogens is 4. The summed E-state index contributed by atoms with van der Waals surface area (Å²) in [4.78, 5) is 20.4. The number of hydrogen-bond donors (Lipinski definition) is 0. The van der Waals surface area contributed by atoms with Crippen LogP contribution in [-0.2, 0) is 0 Å². The summed E-state index contributed by atoms with van der Waals surface area (Å²) in [6.45, 7) is 6.02. The maximum absolute atomic E-state index is 5.27. The van der Waals surface area contributed by atoms with Crippen molar-refractivity contribution in [2.75, 3.05) is 0 Å². The fraction of sp³-hybridized carbons (Fsp3) is 0.0213. The monoisotopic (exact) mass is 652 g/mol. The molecular weight excluding hydrogens is 621 g/mol. The predicted octanol–water partition coefficient (Wildman–Crippen LogP) is 12.1. The van der Waals surface area contributed by atoms with Gasteiger partial charge in [0.05, 0.1) is 5.69 Å². The van der Waals surface area contributed by atoms with Crippen LogP contribution in [0.5, 0.6) is 0 Å². The molecular formula is C47H32N4. The molecule has 2 aromatic heterocycles. The van der Waals surface area contributed by atoms with Crippen LogP contribution >= 0.6 is 0 Å². The second-order valence-corrected chi connectivity index (χ2v) is 12.8. The average Bonchev–Trinajstić information content (AvgIpc) is 3.19. The Bertz CT molecular complexity index is 2830. The molecule has 0 aliphatic carbocycles. The third-order valence-electron chi connectivity index (χ3n) is 9.67. The molecule has 0 radical (unpaired) electrons. The van der Waals surface area contributed by atoms with Gasteiger partial charge in [0.25, 0.3) is 0 Å². The lowest BCUT2D eigenvalue weighted by atomic mass is 9.94. The highest BCUT2D eigenvalue weighted by molar-refractivity contribution is 6.13. The summed E-state index contributed by atoms with van der Waals surface area (Å²) in [5, 5.41) is 9.11. The van der Waals surface area contributed by atoms with Crippen molar-refractivity contribution in [3.05, 3.63) is 176 Å². The van der Waals surface area contributed by atoms with E-state index in [1.165, 1.54) is 10.8 Å². The summed E-state index contributed by atoms with van der Waals surface area (Å²) in [6.07, 6.45) is 7.78. The Morgan fingerprint density at radius 2 is 1.04 bits per heavy atom. The molecule has 0 aliphatic heterocycles. The van der Waals surface area contributed by atoms with E-state index in [0.29, 0.717) is 17.5 Å². The molecule has 0 fully saturated rings. The number of hydrogen-bond acceptors (Lipinski definition) is 4. The lowest BCUT2D eigenvalue weighted by Gasteiger charge is -2.15. The lowest BCUT2D eigenvalue weighted by Crippen LogP contribution is -2.02. The first-order valence-corrected chi connectivity index (χ1v) is 17.1. The number of aryl methyl sites for hydroxylation is 1. The van der Waals surface area contributed by atoms with Crippen LogP contribution in [0.15, 0.2) is 164 Å². The van der Waals surface area contributed by atoms with Crippen molar-refractivity contribution in [3.63, 3.8) is 0 Å². The van der Waals surface area contributed by atoms with Crippen molar-refractivity contribution in [3.8, 4) is 45.4 Å². The highest BCUT2D eigenvalue weighted by Gasteiger charge is 2.19. The molecule has 0 bridgehead atoms. The Hall–Kier alpha value is -6.78. The molecule has 0 spiro atoms. The molecule has 0 aliphatic rings. The minimum absolute atomic E-state index is 0.613.